The second-order valence-corrected chi connectivity index (χ2v) is 5.37. The smallest absolute Gasteiger partial charge is 0.251 e. The number of aliphatic imine (C=N–C) groups is 1. The fourth-order valence-electron chi connectivity index (χ4n) is 2.43. The number of likely N-dealkylation sites (N-methyl/N-ethyl adjacent to an activating group) is 1. The highest BCUT2D eigenvalue weighted by atomic mass is 35.5. The van der Waals surface area contributed by atoms with Gasteiger partial charge in [-0.05, 0) is 25.1 Å². The zero-order chi connectivity index (χ0) is 15.9. The molecule has 106 valence electrons. The molecular formula is C17H15ClN2O. The van der Waals surface area contributed by atoms with Gasteiger partial charge >= 0.3 is 0 Å². The minimum Gasteiger partial charge on any atom is -0.313 e. The van der Waals surface area contributed by atoms with Crippen LogP contribution in [0.2, 0.25) is 5.02 Å². The van der Waals surface area contributed by atoms with Gasteiger partial charge in [-0.2, -0.15) is 0 Å². The SMILES string of the molecule is [2H][C@@]1(C)N=C(c2ccccc2)c2cc(Cl)ccc2N(C)C1=O. The minimum absolute atomic E-state index is 0.373. The van der Waals surface area contributed by atoms with Gasteiger partial charge in [0.15, 0.2) is 0 Å². The molecule has 2 aromatic rings. The Hall–Kier alpha value is -2.13. The number of benzodiazepines with no additional fused rings is 1. The van der Waals surface area contributed by atoms with E-state index in [9.17, 15) is 4.79 Å². The maximum Gasteiger partial charge on any atom is 0.251 e. The van der Waals surface area contributed by atoms with E-state index in [4.69, 9.17) is 13.0 Å². The van der Waals surface area contributed by atoms with Crippen molar-refractivity contribution >= 4 is 28.9 Å². The third-order valence-corrected chi connectivity index (χ3v) is 3.75. The van der Waals surface area contributed by atoms with Gasteiger partial charge < -0.3 is 4.90 Å². The van der Waals surface area contributed by atoms with Crippen molar-refractivity contribution in [2.75, 3.05) is 11.9 Å². The summed E-state index contributed by atoms with van der Waals surface area (Å²) in [7, 11) is 1.66. The van der Waals surface area contributed by atoms with Crippen molar-refractivity contribution in [3.8, 4) is 0 Å². The van der Waals surface area contributed by atoms with Crippen LogP contribution in [0.1, 0.15) is 19.4 Å². The van der Waals surface area contributed by atoms with Crippen LogP contribution in [0.3, 0.4) is 0 Å². The second-order valence-electron chi connectivity index (χ2n) is 4.94. The predicted octanol–water partition coefficient (Wildman–Crippen LogP) is 3.54. The number of nitrogens with zero attached hydrogens (tertiary/aromatic N) is 2. The minimum atomic E-state index is -1.58. The van der Waals surface area contributed by atoms with Crippen LogP contribution in [-0.2, 0) is 4.79 Å². The predicted molar refractivity (Wildman–Crippen MR) is 86.4 cm³/mol. The summed E-state index contributed by atoms with van der Waals surface area (Å²) in [5.74, 6) is -0.373. The lowest BCUT2D eigenvalue weighted by molar-refractivity contribution is -0.119. The van der Waals surface area contributed by atoms with Gasteiger partial charge in [-0.15, -0.1) is 0 Å². The van der Waals surface area contributed by atoms with E-state index in [2.05, 4.69) is 4.99 Å². The monoisotopic (exact) mass is 299 g/mol. The summed E-state index contributed by atoms with van der Waals surface area (Å²) in [4.78, 5) is 18.4. The molecule has 0 N–H and O–H groups in total. The zero-order valence-corrected chi connectivity index (χ0v) is 12.6. The summed E-state index contributed by atoms with van der Waals surface area (Å²) in [5.41, 5.74) is 2.92. The Labute approximate surface area is 130 Å². The molecule has 1 aliphatic heterocycles. The van der Waals surface area contributed by atoms with Crippen LogP contribution in [-0.4, -0.2) is 24.7 Å². The highest BCUT2D eigenvalue weighted by Gasteiger charge is 2.27. The Morgan fingerprint density at radius 2 is 1.95 bits per heavy atom. The number of rotatable bonds is 1. The van der Waals surface area contributed by atoms with E-state index in [-0.39, 0.29) is 5.91 Å². The van der Waals surface area contributed by atoms with Gasteiger partial charge in [0.05, 0.1) is 12.8 Å². The summed E-state index contributed by atoms with van der Waals surface area (Å²) in [6.45, 7) is 1.50. The molecule has 0 radical (unpaired) electrons. The molecule has 0 unspecified atom stereocenters. The highest BCUT2D eigenvalue weighted by molar-refractivity contribution is 6.32. The van der Waals surface area contributed by atoms with Crippen molar-refractivity contribution in [3.05, 3.63) is 64.7 Å². The average Bonchev–Trinajstić information content (AvgIpc) is 2.58. The number of carbonyl (C=O) groups is 1. The van der Waals surface area contributed by atoms with E-state index in [1.165, 1.54) is 11.8 Å². The van der Waals surface area contributed by atoms with Crippen LogP contribution in [0, 0.1) is 0 Å². The topological polar surface area (TPSA) is 32.7 Å². The van der Waals surface area contributed by atoms with Gasteiger partial charge in [0.25, 0.3) is 5.91 Å². The van der Waals surface area contributed by atoms with Gasteiger partial charge in [0.2, 0.25) is 0 Å². The molecule has 1 amide bonds. The van der Waals surface area contributed by atoms with Gasteiger partial charge in [-0.3, -0.25) is 9.79 Å². The van der Waals surface area contributed by atoms with Crippen molar-refractivity contribution in [2.45, 2.75) is 12.9 Å². The van der Waals surface area contributed by atoms with Crippen molar-refractivity contribution in [1.82, 2.24) is 0 Å². The molecule has 2 aromatic carbocycles. The molecule has 3 rings (SSSR count). The summed E-state index contributed by atoms with van der Waals surface area (Å²) in [5, 5.41) is 0.566. The molecule has 0 saturated heterocycles. The van der Waals surface area contributed by atoms with E-state index < -0.39 is 6.02 Å². The van der Waals surface area contributed by atoms with Crippen LogP contribution >= 0.6 is 11.6 Å². The Morgan fingerprint density at radius 1 is 1.24 bits per heavy atom. The van der Waals surface area contributed by atoms with Crippen LogP contribution in [0.15, 0.2) is 53.5 Å². The van der Waals surface area contributed by atoms with E-state index in [1.807, 2.05) is 30.3 Å². The van der Waals surface area contributed by atoms with Gasteiger partial charge in [0, 0.05) is 23.2 Å². The summed E-state index contributed by atoms with van der Waals surface area (Å²) in [6.07, 6.45) is 0. The van der Waals surface area contributed by atoms with Crippen molar-refractivity contribution in [2.24, 2.45) is 4.99 Å². The third-order valence-electron chi connectivity index (χ3n) is 3.52. The quantitative estimate of drug-likeness (QED) is 0.792. The summed E-state index contributed by atoms with van der Waals surface area (Å²) < 4.78 is 8.30. The number of fused-ring (bicyclic) bond motifs is 1. The number of anilines is 1. The second kappa shape index (κ2) is 5.34. The Morgan fingerprint density at radius 3 is 2.67 bits per heavy atom. The first-order valence-electron chi connectivity index (χ1n) is 7.13. The summed E-state index contributed by atoms with van der Waals surface area (Å²) >= 11 is 6.13. The molecule has 4 heteroatoms. The normalized spacial score (nSPS) is 22.2. The third kappa shape index (κ3) is 2.45. The molecule has 0 aliphatic carbocycles. The van der Waals surface area contributed by atoms with Crippen molar-refractivity contribution < 1.29 is 6.17 Å². The van der Waals surface area contributed by atoms with Gasteiger partial charge in [-0.25, -0.2) is 0 Å². The van der Waals surface area contributed by atoms with Crippen molar-refractivity contribution in [1.29, 1.82) is 0 Å². The molecule has 0 aromatic heterocycles. The Balaban J connectivity index is 2.32. The first-order chi connectivity index (χ1) is 10.4. The maximum atomic E-state index is 12.5. The highest BCUT2D eigenvalue weighted by Crippen LogP contribution is 2.29. The fraction of sp³-hybridized carbons (Fsp3) is 0.176. The zero-order valence-electron chi connectivity index (χ0n) is 12.8. The fourth-order valence-corrected chi connectivity index (χ4v) is 2.61. The number of hydrogen-bond acceptors (Lipinski definition) is 2. The van der Waals surface area contributed by atoms with E-state index in [0.717, 1.165) is 11.1 Å². The number of amides is 1. The number of hydrogen-bond donors (Lipinski definition) is 0. The number of halogens is 1. The standard InChI is InChI=1S/C17H15ClN2O/c1-11-17(21)20(2)15-9-8-13(18)10-14(15)16(19-11)12-6-4-3-5-7-12/h3-11H,1-2H3/t11-/m0/s1/i11D. The number of carbonyl (C=O) groups excluding carboxylic acids is 1. The largest absolute Gasteiger partial charge is 0.313 e. The van der Waals surface area contributed by atoms with Crippen LogP contribution in [0.4, 0.5) is 5.69 Å². The first kappa shape index (κ1) is 12.6. The lowest BCUT2D eigenvalue weighted by atomic mass is 10.0. The van der Waals surface area contributed by atoms with Crippen molar-refractivity contribution in [3.63, 3.8) is 0 Å². The molecule has 0 spiro atoms. The maximum absolute atomic E-state index is 12.5. The van der Waals surface area contributed by atoms with Gasteiger partial charge in [0.1, 0.15) is 6.02 Å². The number of benzene rings is 2. The first-order valence-corrected chi connectivity index (χ1v) is 7.01. The molecule has 1 aliphatic rings. The Bertz CT molecular complexity index is 771. The molecular weight excluding hydrogens is 284 g/mol. The molecule has 3 nitrogen and oxygen atoms in total. The molecule has 0 fully saturated rings. The average molecular weight is 300 g/mol. The molecule has 1 atom stereocenters. The molecule has 0 saturated carbocycles. The summed E-state index contributed by atoms with van der Waals surface area (Å²) in [6, 6.07) is 13.3. The van der Waals surface area contributed by atoms with Gasteiger partial charge in [-0.1, -0.05) is 41.9 Å². The molecule has 21 heavy (non-hydrogen) atoms. The van der Waals surface area contributed by atoms with E-state index in [1.54, 1.807) is 25.2 Å². The lowest BCUT2D eigenvalue weighted by Gasteiger charge is -2.19. The van der Waals surface area contributed by atoms with E-state index in [0.29, 0.717) is 16.4 Å². The van der Waals surface area contributed by atoms with Crippen LogP contribution in [0.5, 0.6) is 0 Å². The van der Waals surface area contributed by atoms with Crippen LogP contribution in [0.25, 0.3) is 0 Å². The molecule has 0 bridgehead atoms. The van der Waals surface area contributed by atoms with E-state index >= 15 is 0 Å². The Kier molecular flexibility index (Phi) is 3.20. The van der Waals surface area contributed by atoms with Crippen LogP contribution < -0.4 is 4.90 Å². The molecule has 1 heterocycles. The lowest BCUT2D eigenvalue weighted by Crippen LogP contribution is -2.32.